The molecule has 7 heteroatoms. The third-order valence-corrected chi connectivity index (χ3v) is 4.21. The van der Waals surface area contributed by atoms with Gasteiger partial charge in [0.25, 0.3) is 0 Å². The second-order valence-corrected chi connectivity index (χ2v) is 5.94. The third-order valence-electron chi connectivity index (χ3n) is 4.21. The minimum Gasteiger partial charge on any atom is -0.442 e. The van der Waals surface area contributed by atoms with Gasteiger partial charge in [0.1, 0.15) is 11.9 Å². The summed E-state index contributed by atoms with van der Waals surface area (Å²) in [5, 5.41) is 3.52. The summed E-state index contributed by atoms with van der Waals surface area (Å²) in [5.41, 5.74) is 4.62. The minimum atomic E-state index is -0.347. The van der Waals surface area contributed by atoms with Crippen LogP contribution in [0.3, 0.4) is 0 Å². The fourth-order valence-electron chi connectivity index (χ4n) is 2.84. The van der Waals surface area contributed by atoms with E-state index in [0.717, 1.165) is 34.3 Å². The van der Waals surface area contributed by atoms with Crippen LogP contribution in [-0.4, -0.2) is 25.8 Å². The van der Waals surface area contributed by atoms with E-state index in [9.17, 15) is 4.79 Å². The van der Waals surface area contributed by atoms with Gasteiger partial charge in [0.05, 0.1) is 5.56 Å². The second kappa shape index (κ2) is 6.87. The van der Waals surface area contributed by atoms with Crippen LogP contribution in [0.15, 0.2) is 60.1 Å². The van der Waals surface area contributed by atoms with Crippen LogP contribution in [-0.2, 0) is 11.2 Å². The lowest BCUT2D eigenvalue weighted by atomic mass is 10.0. The highest BCUT2D eigenvalue weighted by Crippen LogP contribution is 2.31. The second-order valence-electron chi connectivity index (χ2n) is 5.94. The Morgan fingerprint density at radius 3 is 3.04 bits per heavy atom. The molecule has 0 spiro atoms. The highest BCUT2D eigenvalue weighted by molar-refractivity contribution is 5.98. The first kappa shape index (κ1) is 16.7. The molecule has 4 rings (SSSR count). The van der Waals surface area contributed by atoms with E-state index in [2.05, 4.69) is 44.8 Å². The Morgan fingerprint density at radius 1 is 1.33 bits per heavy atom. The summed E-state index contributed by atoms with van der Waals surface area (Å²) in [6.45, 7) is 5.49. The van der Waals surface area contributed by atoms with Crippen molar-refractivity contribution in [3.63, 3.8) is 0 Å². The molecule has 0 aliphatic heterocycles. The van der Waals surface area contributed by atoms with Gasteiger partial charge in [-0.2, -0.15) is 4.98 Å². The highest BCUT2D eigenvalue weighted by atomic mass is 16.3. The van der Waals surface area contributed by atoms with Crippen LogP contribution in [0, 0.1) is 0 Å². The van der Waals surface area contributed by atoms with Crippen molar-refractivity contribution in [3.8, 4) is 22.6 Å². The molecule has 4 aromatic rings. The fraction of sp³-hybridized carbons (Fsp3) is 0.100. The molecule has 4 heterocycles. The smallest absolute Gasteiger partial charge is 0.249 e. The number of oxazole rings is 1. The molecule has 0 aliphatic carbocycles. The molecule has 0 unspecified atom stereocenters. The zero-order valence-corrected chi connectivity index (χ0v) is 14.7. The van der Waals surface area contributed by atoms with Gasteiger partial charge in [-0.05, 0) is 36.3 Å². The average molecular weight is 359 g/mol. The molecule has 0 saturated carbocycles. The van der Waals surface area contributed by atoms with E-state index in [1.165, 1.54) is 12.3 Å². The molecular formula is C20H17N5O2. The minimum absolute atomic E-state index is 0.325. The van der Waals surface area contributed by atoms with Crippen LogP contribution >= 0.6 is 0 Å². The lowest BCUT2D eigenvalue weighted by Gasteiger charge is -2.03. The van der Waals surface area contributed by atoms with E-state index >= 15 is 0 Å². The zero-order chi connectivity index (χ0) is 18.8. The normalized spacial score (nSPS) is 10.9. The Morgan fingerprint density at radius 2 is 2.22 bits per heavy atom. The van der Waals surface area contributed by atoms with Crippen molar-refractivity contribution < 1.29 is 9.21 Å². The number of carbonyl (C=O) groups excluding carboxylic acids is 1. The molecule has 0 aliphatic rings. The van der Waals surface area contributed by atoms with Crippen molar-refractivity contribution in [2.75, 3.05) is 5.32 Å². The van der Waals surface area contributed by atoms with E-state index in [0.29, 0.717) is 17.3 Å². The number of H-pyrrole nitrogens is 1. The topological polar surface area (TPSA) is 96.7 Å². The molecule has 27 heavy (non-hydrogen) atoms. The largest absolute Gasteiger partial charge is 0.442 e. The van der Waals surface area contributed by atoms with Gasteiger partial charge in [-0.25, -0.2) is 4.98 Å². The van der Waals surface area contributed by atoms with E-state index < -0.39 is 0 Å². The van der Waals surface area contributed by atoms with Gasteiger partial charge in [0.2, 0.25) is 11.8 Å². The van der Waals surface area contributed by atoms with Gasteiger partial charge in [0.15, 0.2) is 5.82 Å². The van der Waals surface area contributed by atoms with Gasteiger partial charge in [0, 0.05) is 35.2 Å². The molecule has 4 aromatic heterocycles. The maximum Gasteiger partial charge on any atom is 0.249 e. The van der Waals surface area contributed by atoms with Crippen LogP contribution in [0.5, 0.6) is 0 Å². The molecule has 0 saturated heterocycles. The molecule has 0 bridgehead atoms. The number of anilines is 1. The summed E-state index contributed by atoms with van der Waals surface area (Å²) >= 11 is 0. The van der Waals surface area contributed by atoms with E-state index in [1.54, 1.807) is 6.20 Å². The first-order chi connectivity index (χ1) is 13.2. The summed E-state index contributed by atoms with van der Waals surface area (Å²) in [6, 6.07) is 6.01. The number of rotatable bonds is 5. The Hall–Kier alpha value is -3.74. The molecule has 134 valence electrons. The van der Waals surface area contributed by atoms with Crippen LogP contribution in [0.4, 0.5) is 5.82 Å². The van der Waals surface area contributed by atoms with Crippen molar-refractivity contribution in [1.29, 1.82) is 0 Å². The van der Waals surface area contributed by atoms with Gasteiger partial charge < -0.3 is 14.7 Å². The molecule has 1 amide bonds. The highest BCUT2D eigenvalue weighted by Gasteiger charge is 2.13. The number of hydrogen-bond donors (Lipinski definition) is 2. The number of amides is 1. The molecule has 0 radical (unpaired) electrons. The number of aromatic amines is 1. The summed E-state index contributed by atoms with van der Waals surface area (Å²) in [4.78, 5) is 27.7. The van der Waals surface area contributed by atoms with Crippen molar-refractivity contribution in [3.05, 3.63) is 61.4 Å². The summed E-state index contributed by atoms with van der Waals surface area (Å²) in [5.74, 6) is 0.353. The van der Waals surface area contributed by atoms with Crippen molar-refractivity contribution in [2.45, 2.75) is 13.3 Å². The quantitative estimate of drug-likeness (QED) is 0.526. The van der Waals surface area contributed by atoms with Crippen LogP contribution < -0.4 is 5.32 Å². The first-order valence-corrected chi connectivity index (χ1v) is 8.49. The lowest BCUT2D eigenvalue weighted by molar-refractivity contribution is -0.111. The number of carbonyl (C=O) groups is 1. The molecule has 2 N–H and O–H groups in total. The molecular weight excluding hydrogens is 342 g/mol. The fourth-order valence-corrected chi connectivity index (χ4v) is 2.84. The molecule has 0 fully saturated rings. The molecule has 0 aromatic carbocycles. The predicted octanol–water partition coefficient (Wildman–Crippen LogP) is 3.97. The van der Waals surface area contributed by atoms with Crippen LogP contribution in [0.1, 0.15) is 12.6 Å². The predicted molar refractivity (Wildman–Crippen MR) is 103 cm³/mol. The maximum atomic E-state index is 11.4. The molecule has 0 atom stereocenters. The van der Waals surface area contributed by atoms with Crippen LogP contribution in [0.25, 0.3) is 33.6 Å². The van der Waals surface area contributed by atoms with Gasteiger partial charge in [-0.3, -0.25) is 9.78 Å². The Kier molecular flexibility index (Phi) is 4.25. The standard InChI is InChI=1S/C20H17N5O2/c1-3-14-7-12(5-6-21-14)16-10-23-19-15(16)8-13(9-22-19)20-25-17(11-27-20)24-18(26)4-2/h4-11H,2-3H2,1H3,(H,22,23)(H,24,26). The number of nitrogens with zero attached hydrogens (tertiary/aromatic N) is 3. The monoisotopic (exact) mass is 359 g/mol. The van der Waals surface area contributed by atoms with Gasteiger partial charge in [-0.15, -0.1) is 0 Å². The summed E-state index contributed by atoms with van der Waals surface area (Å²) in [6.07, 6.45) is 8.85. The Balaban J connectivity index is 1.74. The number of nitrogens with one attached hydrogen (secondary N) is 2. The van der Waals surface area contributed by atoms with Crippen molar-refractivity contribution in [2.24, 2.45) is 0 Å². The van der Waals surface area contributed by atoms with Crippen molar-refractivity contribution in [1.82, 2.24) is 19.9 Å². The maximum absolute atomic E-state index is 11.4. The Bertz CT molecular complexity index is 1140. The van der Waals surface area contributed by atoms with E-state index in [1.807, 2.05) is 24.5 Å². The number of aromatic nitrogens is 4. The Labute approximate surface area is 155 Å². The van der Waals surface area contributed by atoms with E-state index in [4.69, 9.17) is 4.42 Å². The SMILES string of the molecule is C=CC(=O)Nc1coc(-c2cnc3[nH]cc(-c4ccnc(CC)c4)c3c2)n1. The number of aryl methyl sites for hydroxylation is 1. The number of pyridine rings is 2. The van der Waals surface area contributed by atoms with Crippen molar-refractivity contribution >= 4 is 22.8 Å². The molecule has 7 nitrogen and oxygen atoms in total. The van der Waals surface area contributed by atoms with Crippen LogP contribution in [0.2, 0.25) is 0 Å². The zero-order valence-electron chi connectivity index (χ0n) is 14.7. The average Bonchev–Trinajstić information content (AvgIpc) is 3.34. The number of fused-ring (bicyclic) bond motifs is 1. The van der Waals surface area contributed by atoms with Gasteiger partial charge in [-0.1, -0.05) is 13.5 Å². The first-order valence-electron chi connectivity index (χ1n) is 8.49. The third kappa shape index (κ3) is 3.22. The summed E-state index contributed by atoms with van der Waals surface area (Å²) in [7, 11) is 0. The number of hydrogen-bond acceptors (Lipinski definition) is 5. The summed E-state index contributed by atoms with van der Waals surface area (Å²) < 4.78 is 5.48. The van der Waals surface area contributed by atoms with Gasteiger partial charge >= 0.3 is 0 Å². The lowest BCUT2D eigenvalue weighted by Crippen LogP contribution is -2.07. The van der Waals surface area contributed by atoms with E-state index in [-0.39, 0.29) is 5.91 Å².